The highest BCUT2D eigenvalue weighted by Crippen LogP contribution is 2.22. The molecule has 0 bridgehead atoms. The van der Waals surface area contributed by atoms with Crippen LogP contribution in [0.2, 0.25) is 0 Å². The van der Waals surface area contributed by atoms with Gasteiger partial charge in [0.15, 0.2) is 0 Å². The summed E-state index contributed by atoms with van der Waals surface area (Å²) >= 11 is 0. The Labute approximate surface area is 193 Å². The third kappa shape index (κ3) is 5.32. The van der Waals surface area contributed by atoms with Gasteiger partial charge in [-0.2, -0.15) is 0 Å². The quantitative estimate of drug-likeness (QED) is 0.540. The van der Waals surface area contributed by atoms with Crippen molar-refractivity contribution < 1.29 is 13.2 Å². The van der Waals surface area contributed by atoms with Gasteiger partial charge in [0.1, 0.15) is 5.65 Å². The van der Waals surface area contributed by atoms with Gasteiger partial charge < -0.3 is 9.30 Å². The summed E-state index contributed by atoms with van der Waals surface area (Å²) in [4.78, 5) is 21.7. The fourth-order valence-corrected chi connectivity index (χ4v) is 5.24. The molecule has 2 fully saturated rings. The topological polar surface area (TPSA) is 87.0 Å². The van der Waals surface area contributed by atoms with Crippen LogP contribution < -0.4 is 4.72 Å². The van der Waals surface area contributed by atoms with E-state index in [1.165, 1.54) is 0 Å². The summed E-state index contributed by atoms with van der Waals surface area (Å²) < 4.78 is 29.2. The number of hydrogen-bond acceptors (Lipinski definition) is 5. The summed E-state index contributed by atoms with van der Waals surface area (Å²) in [7, 11) is -3.46. The minimum atomic E-state index is -3.46. The molecule has 1 aliphatic carbocycles. The van der Waals surface area contributed by atoms with Crippen LogP contribution in [0, 0.1) is 0 Å². The number of nitrogens with one attached hydrogen (secondary N) is 1. The van der Waals surface area contributed by atoms with E-state index < -0.39 is 10.0 Å². The Balaban J connectivity index is 1.12. The second kappa shape index (κ2) is 9.09. The van der Waals surface area contributed by atoms with E-state index in [1.54, 1.807) is 36.4 Å². The van der Waals surface area contributed by atoms with E-state index in [-0.39, 0.29) is 16.8 Å². The molecule has 0 radical (unpaired) electrons. The number of rotatable bonds is 7. The van der Waals surface area contributed by atoms with Gasteiger partial charge in [-0.1, -0.05) is 18.2 Å². The number of nitrogens with zero attached hydrogens (tertiary/aromatic N) is 4. The molecule has 5 rings (SSSR count). The van der Waals surface area contributed by atoms with Crippen LogP contribution in [0.15, 0.2) is 65.8 Å². The zero-order chi connectivity index (χ0) is 22.8. The summed E-state index contributed by atoms with van der Waals surface area (Å²) in [6.45, 7) is 3.70. The Bertz CT molecular complexity index is 1240. The highest BCUT2D eigenvalue weighted by Gasteiger charge is 2.27. The Hall–Kier alpha value is -3.01. The molecule has 0 atom stereocenters. The van der Waals surface area contributed by atoms with E-state index >= 15 is 0 Å². The van der Waals surface area contributed by atoms with Crippen LogP contribution in [0.1, 0.15) is 24.1 Å². The minimum Gasteiger partial charge on any atom is -0.337 e. The molecule has 2 aromatic heterocycles. The molecule has 3 aromatic rings. The number of benzene rings is 1. The van der Waals surface area contributed by atoms with Gasteiger partial charge in [-0.25, -0.2) is 18.1 Å². The number of carbonyl (C=O) groups excluding carboxylic acids is 1. The number of fused-ring (bicyclic) bond motifs is 1. The molecule has 9 heteroatoms. The van der Waals surface area contributed by atoms with Crippen LogP contribution in [0.5, 0.6) is 0 Å². The van der Waals surface area contributed by atoms with Crippen molar-refractivity contribution in [1.82, 2.24) is 23.9 Å². The van der Waals surface area contributed by atoms with Crippen molar-refractivity contribution in [2.75, 3.05) is 26.2 Å². The molecule has 33 heavy (non-hydrogen) atoms. The molecule has 1 aromatic carbocycles. The fraction of sp³-hybridized carbons (Fsp3) is 0.333. The van der Waals surface area contributed by atoms with Crippen LogP contribution in [0.4, 0.5) is 0 Å². The van der Waals surface area contributed by atoms with Crippen molar-refractivity contribution in [1.29, 1.82) is 0 Å². The fourth-order valence-electron chi connectivity index (χ4n) is 3.94. The molecule has 1 saturated heterocycles. The van der Waals surface area contributed by atoms with Crippen LogP contribution in [-0.2, 0) is 21.4 Å². The predicted molar refractivity (Wildman–Crippen MR) is 126 cm³/mol. The lowest BCUT2D eigenvalue weighted by Gasteiger charge is -2.33. The third-order valence-corrected chi connectivity index (χ3v) is 7.53. The SMILES string of the molecule is O=C(C=Cc1ccc(S(=O)(=O)NC2CC2)cc1)N1CCN(Cc2cn3ccccc3n2)CC1. The Morgan fingerprint density at radius 1 is 1.06 bits per heavy atom. The molecule has 1 amide bonds. The van der Waals surface area contributed by atoms with Gasteiger partial charge >= 0.3 is 0 Å². The van der Waals surface area contributed by atoms with Crippen LogP contribution in [-0.4, -0.2) is 65.7 Å². The first kappa shape index (κ1) is 21.8. The molecule has 172 valence electrons. The lowest BCUT2D eigenvalue weighted by Crippen LogP contribution is -2.47. The van der Waals surface area contributed by atoms with Crippen LogP contribution in [0.3, 0.4) is 0 Å². The Kier molecular flexibility index (Phi) is 6.01. The maximum atomic E-state index is 12.6. The van der Waals surface area contributed by atoms with Gasteiger partial charge in [-0.15, -0.1) is 0 Å². The molecule has 0 spiro atoms. The summed E-state index contributed by atoms with van der Waals surface area (Å²) in [6, 6.07) is 12.6. The first-order chi connectivity index (χ1) is 16.0. The minimum absolute atomic E-state index is 0.0329. The standard InChI is InChI=1S/C24H27N5O3S/c30-24(11-6-19-4-9-22(10-5-19)33(31,32)26-20-7-8-20)28-15-13-27(14-16-28)17-21-18-29-12-2-1-3-23(29)25-21/h1-6,9-12,18,20,26H,7-8,13-17H2. The van der Waals surface area contributed by atoms with Crippen molar-refractivity contribution in [2.24, 2.45) is 0 Å². The first-order valence-electron chi connectivity index (χ1n) is 11.2. The maximum absolute atomic E-state index is 12.6. The lowest BCUT2D eigenvalue weighted by molar-refractivity contribution is -0.127. The maximum Gasteiger partial charge on any atom is 0.246 e. The number of pyridine rings is 1. The monoisotopic (exact) mass is 465 g/mol. The predicted octanol–water partition coefficient (Wildman–Crippen LogP) is 2.13. The summed E-state index contributed by atoms with van der Waals surface area (Å²) in [6.07, 6.45) is 9.13. The number of sulfonamides is 1. The summed E-state index contributed by atoms with van der Waals surface area (Å²) in [5, 5.41) is 0. The zero-order valence-electron chi connectivity index (χ0n) is 18.3. The van der Waals surface area contributed by atoms with Gasteiger partial charge in [-0.3, -0.25) is 9.69 Å². The first-order valence-corrected chi connectivity index (χ1v) is 12.7. The van der Waals surface area contributed by atoms with Gasteiger partial charge in [0.2, 0.25) is 15.9 Å². The number of hydrogen-bond donors (Lipinski definition) is 1. The molecular formula is C24H27N5O3S. The van der Waals surface area contributed by atoms with Gasteiger partial charge in [-0.05, 0) is 48.7 Å². The number of carbonyl (C=O) groups is 1. The number of amides is 1. The van der Waals surface area contributed by atoms with Crippen molar-refractivity contribution in [3.05, 3.63) is 72.2 Å². The molecule has 8 nitrogen and oxygen atoms in total. The number of aromatic nitrogens is 2. The Morgan fingerprint density at radius 2 is 1.82 bits per heavy atom. The summed E-state index contributed by atoms with van der Waals surface area (Å²) in [5.74, 6) is -0.0329. The highest BCUT2D eigenvalue weighted by atomic mass is 32.2. The van der Waals surface area contributed by atoms with Crippen LogP contribution >= 0.6 is 0 Å². The third-order valence-electron chi connectivity index (χ3n) is 5.99. The number of piperazine rings is 1. The average molecular weight is 466 g/mol. The van der Waals surface area contributed by atoms with Crippen molar-refractivity contribution in [2.45, 2.75) is 30.3 Å². The van der Waals surface area contributed by atoms with Crippen molar-refractivity contribution in [3.63, 3.8) is 0 Å². The molecule has 3 heterocycles. The summed E-state index contributed by atoms with van der Waals surface area (Å²) in [5.41, 5.74) is 2.76. The van der Waals surface area contributed by atoms with E-state index in [4.69, 9.17) is 0 Å². The smallest absolute Gasteiger partial charge is 0.246 e. The van der Waals surface area contributed by atoms with Gasteiger partial charge in [0.05, 0.1) is 10.6 Å². The van der Waals surface area contributed by atoms with E-state index in [9.17, 15) is 13.2 Å². The zero-order valence-corrected chi connectivity index (χ0v) is 19.1. The largest absolute Gasteiger partial charge is 0.337 e. The van der Waals surface area contributed by atoms with E-state index in [0.29, 0.717) is 13.1 Å². The Morgan fingerprint density at radius 3 is 2.52 bits per heavy atom. The van der Waals surface area contributed by atoms with Gasteiger partial charge in [0.25, 0.3) is 0 Å². The second-order valence-corrected chi connectivity index (χ2v) is 10.3. The van der Waals surface area contributed by atoms with E-state index in [2.05, 4.69) is 14.6 Å². The average Bonchev–Trinajstić information content (AvgIpc) is 3.53. The molecule has 1 aliphatic heterocycles. The normalized spacial score (nSPS) is 17.8. The van der Waals surface area contributed by atoms with Crippen molar-refractivity contribution in [3.8, 4) is 0 Å². The molecule has 1 N–H and O–H groups in total. The molecular weight excluding hydrogens is 438 g/mol. The lowest BCUT2D eigenvalue weighted by atomic mass is 10.2. The highest BCUT2D eigenvalue weighted by molar-refractivity contribution is 7.89. The number of imidazole rings is 1. The molecule has 0 unspecified atom stereocenters. The van der Waals surface area contributed by atoms with E-state index in [0.717, 1.165) is 49.4 Å². The van der Waals surface area contributed by atoms with Crippen LogP contribution in [0.25, 0.3) is 11.7 Å². The molecule has 2 aliphatic rings. The molecule has 1 saturated carbocycles. The van der Waals surface area contributed by atoms with Crippen molar-refractivity contribution >= 4 is 27.7 Å². The van der Waals surface area contributed by atoms with E-state index in [1.807, 2.05) is 39.9 Å². The van der Waals surface area contributed by atoms with Gasteiger partial charge in [0, 0.05) is 57.2 Å². The second-order valence-electron chi connectivity index (χ2n) is 8.60.